The molecular formula is C10H19NO2S. The minimum atomic E-state index is -2.83. The Kier molecular flexibility index (Phi) is 2.84. The summed E-state index contributed by atoms with van der Waals surface area (Å²) in [6.07, 6.45) is 5.74. The normalized spacial score (nSPS) is 27.5. The fourth-order valence-electron chi connectivity index (χ4n) is 2.68. The topological polar surface area (TPSA) is 46.2 Å². The van der Waals surface area contributed by atoms with Crippen LogP contribution in [-0.4, -0.2) is 33.0 Å². The molecule has 1 saturated carbocycles. The van der Waals surface area contributed by atoms with Crippen molar-refractivity contribution in [3.63, 3.8) is 0 Å². The van der Waals surface area contributed by atoms with Crippen molar-refractivity contribution in [3.05, 3.63) is 0 Å². The smallest absolute Gasteiger partial charge is 0.150 e. The average molecular weight is 217 g/mol. The molecular weight excluding hydrogens is 198 g/mol. The van der Waals surface area contributed by atoms with Crippen LogP contribution in [0.4, 0.5) is 0 Å². The first-order valence-electron chi connectivity index (χ1n) is 5.48. The molecule has 1 unspecified atom stereocenters. The monoisotopic (exact) mass is 217 g/mol. The van der Waals surface area contributed by atoms with E-state index in [2.05, 4.69) is 5.32 Å². The summed E-state index contributed by atoms with van der Waals surface area (Å²) in [7, 11) is -2.83. The molecule has 0 aromatic rings. The van der Waals surface area contributed by atoms with Crippen LogP contribution in [0.25, 0.3) is 0 Å². The van der Waals surface area contributed by atoms with Gasteiger partial charge in [-0.15, -0.1) is 0 Å². The van der Waals surface area contributed by atoms with Gasteiger partial charge in [0.25, 0.3) is 0 Å². The molecule has 14 heavy (non-hydrogen) atoms. The van der Waals surface area contributed by atoms with Gasteiger partial charge in [0.15, 0.2) is 9.84 Å². The van der Waals surface area contributed by atoms with Gasteiger partial charge in [0.2, 0.25) is 0 Å². The quantitative estimate of drug-likeness (QED) is 0.761. The minimum Gasteiger partial charge on any atom is -0.317 e. The molecule has 2 aliphatic rings. The maximum absolute atomic E-state index is 11.7. The van der Waals surface area contributed by atoms with Crippen LogP contribution >= 0.6 is 0 Å². The summed E-state index contributed by atoms with van der Waals surface area (Å²) in [5, 5.41) is 3.25. The van der Waals surface area contributed by atoms with Crippen LogP contribution in [0.5, 0.6) is 0 Å². The Labute approximate surface area is 86.2 Å². The van der Waals surface area contributed by atoms with Crippen LogP contribution in [0, 0.1) is 11.8 Å². The Morgan fingerprint density at radius 3 is 2.00 bits per heavy atom. The number of nitrogens with one attached hydrogen (secondary N) is 1. The molecule has 1 heterocycles. The highest BCUT2D eigenvalue weighted by Crippen LogP contribution is 2.41. The molecule has 1 N–H and O–H groups in total. The molecule has 82 valence electrons. The van der Waals surface area contributed by atoms with Gasteiger partial charge >= 0.3 is 0 Å². The van der Waals surface area contributed by atoms with Crippen molar-refractivity contribution >= 4 is 9.84 Å². The van der Waals surface area contributed by atoms with Crippen LogP contribution in [0.3, 0.4) is 0 Å². The van der Waals surface area contributed by atoms with Gasteiger partial charge in [-0.2, -0.15) is 0 Å². The molecule has 1 aliphatic carbocycles. The predicted molar refractivity (Wildman–Crippen MR) is 56.9 cm³/mol. The lowest BCUT2D eigenvalue weighted by molar-refractivity contribution is 0.340. The maximum atomic E-state index is 11.7. The van der Waals surface area contributed by atoms with Gasteiger partial charge in [-0.05, 0) is 50.6 Å². The van der Waals surface area contributed by atoms with E-state index >= 15 is 0 Å². The zero-order valence-corrected chi connectivity index (χ0v) is 9.52. The van der Waals surface area contributed by atoms with Gasteiger partial charge in [0, 0.05) is 6.26 Å². The SMILES string of the molecule is CS(=O)(=O)C(C1CCNCC1)C1CC1. The molecule has 1 saturated heterocycles. The lowest BCUT2D eigenvalue weighted by atomic mass is 9.92. The fourth-order valence-corrected chi connectivity index (χ4v) is 4.62. The van der Waals surface area contributed by atoms with E-state index in [1.807, 2.05) is 0 Å². The molecule has 0 aromatic carbocycles. The van der Waals surface area contributed by atoms with Gasteiger partial charge in [0.1, 0.15) is 0 Å². The molecule has 2 rings (SSSR count). The lowest BCUT2D eigenvalue weighted by Gasteiger charge is -2.29. The van der Waals surface area contributed by atoms with Gasteiger partial charge in [0.05, 0.1) is 5.25 Å². The standard InChI is InChI=1S/C10H19NO2S/c1-14(12,13)10(8-2-3-8)9-4-6-11-7-5-9/h8-11H,2-7H2,1H3. The molecule has 0 spiro atoms. The highest BCUT2D eigenvalue weighted by Gasteiger charge is 2.42. The second-order valence-electron chi connectivity index (χ2n) is 4.72. The first-order chi connectivity index (χ1) is 6.59. The van der Waals surface area contributed by atoms with Gasteiger partial charge in [-0.3, -0.25) is 0 Å². The van der Waals surface area contributed by atoms with Crippen LogP contribution < -0.4 is 5.32 Å². The molecule has 1 aliphatic heterocycles. The van der Waals surface area contributed by atoms with Crippen molar-refractivity contribution in [2.45, 2.75) is 30.9 Å². The molecule has 4 heteroatoms. The number of rotatable bonds is 3. The number of piperidine rings is 1. The van der Waals surface area contributed by atoms with Crippen LogP contribution in [0.2, 0.25) is 0 Å². The van der Waals surface area contributed by atoms with Crippen molar-refractivity contribution in [1.29, 1.82) is 0 Å². The highest BCUT2D eigenvalue weighted by atomic mass is 32.2. The van der Waals surface area contributed by atoms with Crippen molar-refractivity contribution in [3.8, 4) is 0 Å². The van der Waals surface area contributed by atoms with E-state index in [-0.39, 0.29) is 5.25 Å². The van der Waals surface area contributed by atoms with Crippen LogP contribution in [-0.2, 0) is 9.84 Å². The molecule has 3 nitrogen and oxygen atoms in total. The zero-order chi connectivity index (χ0) is 10.2. The van der Waals surface area contributed by atoms with E-state index in [1.165, 1.54) is 6.26 Å². The van der Waals surface area contributed by atoms with E-state index in [0.717, 1.165) is 38.8 Å². The largest absolute Gasteiger partial charge is 0.317 e. The Morgan fingerprint density at radius 1 is 1.07 bits per heavy atom. The summed E-state index contributed by atoms with van der Waals surface area (Å²) in [6.45, 7) is 1.98. The number of hydrogen-bond acceptors (Lipinski definition) is 3. The maximum Gasteiger partial charge on any atom is 0.150 e. The Bertz CT molecular complexity index is 289. The van der Waals surface area contributed by atoms with Gasteiger partial charge in [-0.25, -0.2) is 8.42 Å². The minimum absolute atomic E-state index is 0.0374. The first kappa shape index (κ1) is 10.4. The Hall–Kier alpha value is -0.0900. The van der Waals surface area contributed by atoms with Crippen molar-refractivity contribution in [1.82, 2.24) is 5.32 Å². The second kappa shape index (κ2) is 3.81. The molecule has 1 atom stereocenters. The third-order valence-electron chi connectivity index (χ3n) is 3.43. The summed E-state index contributed by atoms with van der Waals surface area (Å²) >= 11 is 0. The highest BCUT2D eigenvalue weighted by molar-refractivity contribution is 7.91. The molecule has 0 radical (unpaired) electrons. The van der Waals surface area contributed by atoms with E-state index in [0.29, 0.717) is 11.8 Å². The average Bonchev–Trinajstić information content (AvgIpc) is 2.88. The van der Waals surface area contributed by atoms with Crippen LogP contribution in [0.1, 0.15) is 25.7 Å². The molecule has 0 bridgehead atoms. The number of sulfone groups is 1. The summed E-state index contributed by atoms with van der Waals surface area (Å²) in [4.78, 5) is 0. The van der Waals surface area contributed by atoms with E-state index < -0.39 is 9.84 Å². The van der Waals surface area contributed by atoms with Crippen molar-refractivity contribution in [2.75, 3.05) is 19.3 Å². The van der Waals surface area contributed by atoms with E-state index in [1.54, 1.807) is 0 Å². The molecule has 0 aromatic heterocycles. The summed E-state index contributed by atoms with van der Waals surface area (Å²) in [6, 6.07) is 0. The van der Waals surface area contributed by atoms with E-state index in [4.69, 9.17) is 0 Å². The summed E-state index contributed by atoms with van der Waals surface area (Å²) in [5.41, 5.74) is 0. The third kappa shape index (κ3) is 2.28. The third-order valence-corrected chi connectivity index (χ3v) is 5.19. The van der Waals surface area contributed by atoms with E-state index in [9.17, 15) is 8.42 Å². The number of hydrogen-bond donors (Lipinski definition) is 1. The molecule has 2 fully saturated rings. The lowest BCUT2D eigenvalue weighted by Crippen LogP contribution is -2.38. The zero-order valence-electron chi connectivity index (χ0n) is 8.70. The predicted octanol–water partition coefficient (Wildman–Crippen LogP) is 0.809. The van der Waals surface area contributed by atoms with Gasteiger partial charge < -0.3 is 5.32 Å². The Morgan fingerprint density at radius 2 is 1.57 bits per heavy atom. The second-order valence-corrected chi connectivity index (χ2v) is 6.92. The summed E-state index contributed by atoms with van der Waals surface area (Å²) in [5.74, 6) is 0.895. The van der Waals surface area contributed by atoms with Gasteiger partial charge in [-0.1, -0.05) is 0 Å². The van der Waals surface area contributed by atoms with Crippen molar-refractivity contribution in [2.24, 2.45) is 11.8 Å². The van der Waals surface area contributed by atoms with Crippen LogP contribution in [0.15, 0.2) is 0 Å². The first-order valence-corrected chi connectivity index (χ1v) is 7.44. The summed E-state index contributed by atoms with van der Waals surface area (Å²) < 4.78 is 23.4. The fraction of sp³-hybridized carbons (Fsp3) is 1.00. The van der Waals surface area contributed by atoms with Crippen molar-refractivity contribution < 1.29 is 8.42 Å². The Balaban J connectivity index is 2.09. The molecule has 0 amide bonds.